The Kier molecular flexibility index (Phi) is 5.64. The Hall–Kier alpha value is -1.60. The number of likely N-dealkylation sites (N-methyl/N-ethyl adjacent to an activating group) is 1. The van der Waals surface area contributed by atoms with Crippen LogP contribution in [0.5, 0.6) is 0 Å². The number of nitrogens with one attached hydrogen (secondary N) is 1. The molecule has 0 aromatic carbocycles. The van der Waals surface area contributed by atoms with Crippen LogP contribution in [0.2, 0.25) is 0 Å². The first-order valence-corrected chi connectivity index (χ1v) is 8.21. The van der Waals surface area contributed by atoms with Gasteiger partial charge in [0.05, 0.1) is 6.61 Å². The van der Waals surface area contributed by atoms with Gasteiger partial charge in [-0.05, 0) is 27.3 Å². The Labute approximate surface area is 137 Å². The van der Waals surface area contributed by atoms with E-state index in [-0.39, 0.29) is 30.6 Å². The molecule has 1 aliphatic rings. The number of rotatable bonds is 5. The van der Waals surface area contributed by atoms with Crippen molar-refractivity contribution >= 4 is 11.7 Å². The topological polar surface area (TPSA) is 81.8 Å². The lowest BCUT2D eigenvalue weighted by atomic mass is 10.1. The van der Waals surface area contributed by atoms with E-state index in [0.717, 1.165) is 6.42 Å². The number of aliphatic hydroxyl groups excluding tert-OH is 1. The fourth-order valence-electron chi connectivity index (χ4n) is 3.23. The smallest absolute Gasteiger partial charge is 0.322 e. The van der Waals surface area contributed by atoms with E-state index in [9.17, 15) is 4.79 Å². The second-order valence-corrected chi connectivity index (χ2v) is 6.59. The predicted molar refractivity (Wildman–Crippen MR) is 88.6 cm³/mol. The number of carbonyl (C=O) groups is 1. The van der Waals surface area contributed by atoms with Gasteiger partial charge in [0.25, 0.3) is 0 Å². The summed E-state index contributed by atoms with van der Waals surface area (Å²) in [6.45, 7) is 9.35. The van der Waals surface area contributed by atoms with Crippen LogP contribution < -0.4 is 5.32 Å². The molecule has 1 aliphatic heterocycles. The Bertz CT molecular complexity index is 543. The van der Waals surface area contributed by atoms with E-state index in [4.69, 9.17) is 9.63 Å². The average molecular weight is 324 g/mol. The van der Waals surface area contributed by atoms with Crippen molar-refractivity contribution in [3.8, 4) is 0 Å². The van der Waals surface area contributed by atoms with Crippen LogP contribution in [0.25, 0.3) is 0 Å². The number of aromatic nitrogens is 1. The van der Waals surface area contributed by atoms with Crippen molar-refractivity contribution in [3.05, 3.63) is 11.5 Å². The first kappa shape index (κ1) is 17.7. The second-order valence-electron chi connectivity index (χ2n) is 6.59. The van der Waals surface area contributed by atoms with Crippen molar-refractivity contribution in [2.75, 3.05) is 32.1 Å². The quantitative estimate of drug-likeness (QED) is 0.866. The molecule has 130 valence electrons. The summed E-state index contributed by atoms with van der Waals surface area (Å²) in [7, 11) is 1.99. The summed E-state index contributed by atoms with van der Waals surface area (Å²) in [6.07, 6.45) is 0.907. The molecule has 7 heteroatoms. The van der Waals surface area contributed by atoms with E-state index in [1.807, 2.05) is 32.7 Å². The van der Waals surface area contributed by atoms with E-state index in [1.54, 1.807) is 0 Å². The third kappa shape index (κ3) is 3.67. The normalized spacial score (nSPS) is 21.5. The lowest BCUT2D eigenvalue weighted by molar-refractivity contribution is 0.152. The van der Waals surface area contributed by atoms with Crippen molar-refractivity contribution in [1.29, 1.82) is 0 Å². The van der Waals surface area contributed by atoms with E-state index in [1.165, 1.54) is 0 Å². The fourth-order valence-corrected chi connectivity index (χ4v) is 3.23. The van der Waals surface area contributed by atoms with Gasteiger partial charge in [-0.25, -0.2) is 4.79 Å². The predicted octanol–water partition coefficient (Wildman–Crippen LogP) is 2.03. The van der Waals surface area contributed by atoms with Gasteiger partial charge in [-0.3, -0.25) is 4.90 Å². The summed E-state index contributed by atoms with van der Waals surface area (Å²) in [5.74, 6) is 0.864. The molecule has 2 N–H and O–H groups in total. The number of nitrogens with zero attached hydrogens (tertiary/aromatic N) is 3. The molecule has 2 rings (SSSR count). The molecule has 0 aliphatic carbocycles. The molecular weight excluding hydrogens is 296 g/mol. The van der Waals surface area contributed by atoms with Crippen LogP contribution in [0.1, 0.15) is 44.6 Å². The number of urea groups is 1. The van der Waals surface area contributed by atoms with Crippen LogP contribution in [0.15, 0.2) is 4.52 Å². The first-order chi connectivity index (χ1) is 10.9. The summed E-state index contributed by atoms with van der Waals surface area (Å²) >= 11 is 0. The zero-order chi connectivity index (χ0) is 17.1. The van der Waals surface area contributed by atoms with E-state index in [0.29, 0.717) is 30.2 Å². The minimum Gasteiger partial charge on any atom is -0.395 e. The number of carbonyl (C=O) groups excluding carboxylic acids is 1. The molecular formula is C16H28N4O3. The van der Waals surface area contributed by atoms with Crippen LogP contribution in [0.4, 0.5) is 10.5 Å². The molecule has 1 fully saturated rings. The third-order valence-electron chi connectivity index (χ3n) is 4.64. The Morgan fingerprint density at radius 3 is 2.87 bits per heavy atom. The van der Waals surface area contributed by atoms with Crippen molar-refractivity contribution in [2.24, 2.45) is 0 Å². The van der Waals surface area contributed by atoms with Crippen molar-refractivity contribution < 1.29 is 14.4 Å². The van der Waals surface area contributed by atoms with Crippen LogP contribution in [0, 0.1) is 6.92 Å². The van der Waals surface area contributed by atoms with Gasteiger partial charge in [-0.2, -0.15) is 0 Å². The van der Waals surface area contributed by atoms with Crippen molar-refractivity contribution in [3.63, 3.8) is 0 Å². The molecule has 0 bridgehead atoms. The highest BCUT2D eigenvalue weighted by molar-refractivity contribution is 5.91. The lowest BCUT2D eigenvalue weighted by Gasteiger charge is -2.30. The molecule has 7 nitrogen and oxygen atoms in total. The number of amides is 2. The second kappa shape index (κ2) is 7.31. The van der Waals surface area contributed by atoms with Crippen LogP contribution in [0.3, 0.4) is 0 Å². The van der Waals surface area contributed by atoms with Crippen LogP contribution in [-0.2, 0) is 0 Å². The Balaban J connectivity index is 2.06. The van der Waals surface area contributed by atoms with Gasteiger partial charge >= 0.3 is 6.03 Å². The lowest BCUT2D eigenvalue weighted by Crippen LogP contribution is -2.45. The molecule has 1 saturated heterocycles. The maximum Gasteiger partial charge on any atom is 0.322 e. The Morgan fingerprint density at radius 1 is 1.57 bits per heavy atom. The number of anilines is 1. The van der Waals surface area contributed by atoms with Crippen molar-refractivity contribution in [2.45, 2.75) is 52.1 Å². The molecule has 1 aromatic heterocycles. The number of likely N-dealkylation sites (tertiary alicyclic amines) is 1. The van der Waals surface area contributed by atoms with Gasteiger partial charge in [0.2, 0.25) is 0 Å². The fraction of sp³-hybridized carbons (Fsp3) is 0.750. The van der Waals surface area contributed by atoms with Gasteiger partial charge in [-0.1, -0.05) is 19.0 Å². The first-order valence-electron chi connectivity index (χ1n) is 8.21. The summed E-state index contributed by atoms with van der Waals surface area (Å²) in [5, 5.41) is 16.0. The molecule has 0 saturated carbocycles. The zero-order valence-electron chi connectivity index (χ0n) is 14.7. The molecule has 23 heavy (non-hydrogen) atoms. The molecule has 0 unspecified atom stereocenters. The van der Waals surface area contributed by atoms with Gasteiger partial charge in [0, 0.05) is 31.1 Å². The van der Waals surface area contributed by atoms with E-state index >= 15 is 0 Å². The number of hydrogen-bond donors (Lipinski definition) is 2. The summed E-state index contributed by atoms with van der Waals surface area (Å²) in [4.78, 5) is 16.6. The standard InChI is InChI=1S/C16H28N4O3/c1-10(2)15-14(11(3)18-23-15)17-16(22)20-7-6-13(12(20)4)19(5)8-9-21/h10,12-13,21H,6-9H2,1-5H3,(H,17,22)/t12-,13-/m1/s1. The number of aliphatic hydroxyl groups is 1. The zero-order valence-corrected chi connectivity index (χ0v) is 14.7. The van der Waals surface area contributed by atoms with Gasteiger partial charge in [-0.15, -0.1) is 0 Å². The monoisotopic (exact) mass is 324 g/mol. The molecule has 0 spiro atoms. The number of hydrogen-bond acceptors (Lipinski definition) is 5. The SMILES string of the molecule is Cc1noc(C(C)C)c1NC(=O)N1CC[C@@H](N(C)CCO)[C@H]1C. The largest absolute Gasteiger partial charge is 0.395 e. The molecule has 0 radical (unpaired) electrons. The highest BCUT2D eigenvalue weighted by atomic mass is 16.5. The van der Waals surface area contributed by atoms with E-state index < -0.39 is 0 Å². The molecule has 1 aromatic rings. The summed E-state index contributed by atoms with van der Waals surface area (Å²) < 4.78 is 5.32. The van der Waals surface area contributed by atoms with Crippen LogP contribution >= 0.6 is 0 Å². The third-order valence-corrected chi connectivity index (χ3v) is 4.64. The maximum atomic E-state index is 12.7. The molecule has 2 heterocycles. The highest BCUT2D eigenvalue weighted by Gasteiger charge is 2.36. The molecule has 2 amide bonds. The van der Waals surface area contributed by atoms with Crippen LogP contribution in [-0.4, -0.2) is 64.9 Å². The van der Waals surface area contributed by atoms with Gasteiger partial charge < -0.3 is 19.8 Å². The minimum atomic E-state index is -0.120. The highest BCUT2D eigenvalue weighted by Crippen LogP contribution is 2.29. The molecule has 2 atom stereocenters. The average Bonchev–Trinajstić information content (AvgIpc) is 3.03. The summed E-state index contributed by atoms with van der Waals surface area (Å²) in [6, 6.07) is 0.237. The summed E-state index contributed by atoms with van der Waals surface area (Å²) in [5.41, 5.74) is 1.38. The van der Waals surface area contributed by atoms with Crippen molar-refractivity contribution in [1.82, 2.24) is 15.0 Å². The van der Waals surface area contributed by atoms with E-state index in [2.05, 4.69) is 22.3 Å². The Morgan fingerprint density at radius 2 is 2.26 bits per heavy atom. The number of aryl methyl sites for hydroxylation is 1. The van der Waals surface area contributed by atoms with Gasteiger partial charge in [0.1, 0.15) is 11.4 Å². The maximum absolute atomic E-state index is 12.7. The van der Waals surface area contributed by atoms with Gasteiger partial charge in [0.15, 0.2) is 5.76 Å². The minimum absolute atomic E-state index is 0.0919.